The van der Waals surface area contributed by atoms with Crippen LogP contribution in [0.15, 0.2) is 35.2 Å². The van der Waals surface area contributed by atoms with Gasteiger partial charge in [-0.3, -0.25) is 0 Å². The van der Waals surface area contributed by atoms with Crippen LogP contribution in [0, 0.1) is 0 Å². The summed E-state index contributed by atoms with van der Waals surface area (Å²) < 4.78 is 42.5. The first-order valence-corrected chi connectivity index (χ1v) is 5.59. The summed E-state index contributed by atoms with van der Waals surface area (Å²) in [7, 11) is 0. The van der Waals surface area contributed by atoms with Gasteiger partial charge in [-0.1, -0.05) is 0 Å². The summed E-state index contributed by atoms with van der Waals surface area (Å²) in [4.78, 5) is 4.05. The van der Waals surface area contributed by atoms with Crippen LogP contribution >= 0.6 is 15.9 Å². The molecule has 2 aromatic heterocycles. The minimum absolute atomic E-state index is 0.0389. The molecule has 4 nitrogen and oxygen atoms in total. The fourth-order valence-corrected chi connectivity index (χ4v) is 1.41. The highest BCUT2D eigenvalue weighted by Gasteiger charge is 2.28. The van der Waals surface area contributed by atoms with E-state index in [-0.39, 0.29) is 5.75 Å². The predicted octanol–water partition coefficient (Wildman–Crippen LogP) is 2.97. The second-order valence-electron chi connectivity index (χ2n) is 3.36. The summed E-state index contributed by atoms with van der Waals surface area (Å²) in [6.45, 7) is -1.34. The normalized spacial score (nSPS) is 11.6. The molecule has 0 saturated carbocycles. The zero-order chi connectivity index (χ0) is 13.2. The van der Waals surface area contributed by atoms with Gasteiger partial charge in [0, 0.05) is 10.7 Å². The van der Waals surface area contributed by atoms with Crippen molar-refractivity contribution in [1.82, 2.24) is 14.8 Å². The summed E-state index contributed by atoms with van der Waals surface area (Å²) in [6.07, 6.45) is -0.261. The third-order valence-corrected chi connectivity index (χ3v) is 2.38. The Hall–Kier alpha value is -1.57. The monoisotopic (exact) mass is 321 g/mol. The van der Waals surface area contributed by atoms with E-state index in [1.165, 1.54) is 17.1 Å². The summed E-state index contributed by atoms with van der Waals surface area (Å²) in [5, 5.41) is 3.86. The number of hydrogen-bond acceptors (Lipinski definition) is 3. The highest BCUT2D eigenvalue weighted by Crippen LogP contribution is 2.19. The van der Waals surface area contributed by atoms with Crippen LogP contribution in [-0.4, -0.2) is 27.5 Å². The molecule has 2 rings (SSSR count). The molecular weight excluding hydrogens is 315 g/mol. The molecule has 0 saturated heterocycles. The van der Waals surface area contributed by atoms with Gasteiger partial charge in [0.1, 0.15) is 0 Å². The molecule has 0 bridgehead atoms. The number of alkyl halides is 3. The maximum absolute atomic E-state index is 11.9. The SMILES string of the molecule is FC(F)(F)COc1cnn(-c2ccc(Br)cn2)c1. The zero-order valence-corrected chi connectivity index (χ0v) is 10.4. The number of aromatic nitrogens is 3. The Bertz CT molecular complexity index is 524. The Kier molecular flexibility index (Phi) is 3.55. The number of pyridine rings is 1. The van der Waals surface area contributed by atoms with Crippen LogP contribution < -0.4 is 4.74 Å². The van der Waals surface area contributed by atoms with Crippen molar-refractivity contribution in [1.29, 1.82) is 0 Å². The van der Waals surface area contributed by atoms with E-state index in [9.17, 15) is 13.2 Å². The second kappa shape index (κ2) is 4.97. The molecule has 0 atom stereocenters. The molecule has 0 unspecified atom stereocenters. The summed E-state index contributed by atoms with van der Waals surface area (Å²) in [6, 6.07) is 3.42. The molecule has 0 N–H and O–H groups in total. The Morgan fingerprint density at radius 2 is 2.06 bits per heavy atom. The fraction of sp³-hybridized carbons (Fsp3) is 0.200. The molecule has 0 aliphatic rings. The first kappa shape index (κ1) is 12.9. The van der Waals surface area contributed by atoms with Crippen LogP contribution in [0.5, 0.6) is 5.75 Å². The van der Waals surface area contributed by atoms with Crippen molar-refractivity contribution in [3.8, 4) is 11.6 Å². The molecule has 0 aromatic carbocycles. The van der Waals surface area contributed by atoms with Crippen molar-refractivity contribution in [2.24, 2.45) is 0 Å². The van der Waals surface area contributed by atoms with E-state index in [1.54, 1.807) is 18.3 Å². The van der Waals surface area contributed by atoms with E-state index in [0.29, 0.717) is 5.82 Å². The van der Waals surface area contributed by atoms with Gasteiger partial charge in [-0.05, 0) is 28.1 Å². The molecule has 0 amide bonds. The molecule has 2 aromatic rings. The number of hydrogen-bond donors (Lipinski definition) is 0. The average molecular weight is 322 g/mol. The number of nitrogens with zero attached hydrogens (tertiary/aromatic N) is 3. The minimum atomic E-state index is -4.36. The predicted molar refractivity (Wildman–Crippen MR) is 60.6 cm³/mol. The van der Waals surface area contributed by atoms with Gasteiger partial charge in [-0.25, -0.2) is 9.67 Å². The van der Waals surface area contributed by atoms with Crippen LogP contribution in [0.3, 0.4) is 0 Å². The van der Waals surface area contributed by atoms with Crippen LogP contribution in [0.25, 0.3) is 5.82 Å². The van der Waals surface area contributed by atoms with E-state index in [2.05, 4.69) is 30.7 Å². The lowest BCUT2D eigenvalue weighted by molar-refractivity contribution is -0.153. The Labute approximate surface area is 109 Å². The van der Waals surface area contributed by atoms with E-state index < -0.39 is 12.8 Å². The first-order chi connectivity index (χ1) is 8.44. The van der Waals surface area contributed by atoms with Gasteiger partial charge in [0.05, 0.1) is 12.4 Å². The fourth-order valence-electron chi connectivity index (χ4n) is 1.17. The van der Waals surface area contributed by atoms with Crippen LogP contribution in [-0.2, 0) is 0 Å². The standard InChI is InChI=1S/C10H7BrF3N3O/c11-7-1-2-9(15-3-7)17-5-8(4-16-17)18-6-10(12,13)14/h1-5H,6H2. The maximum atomic E-state index is 11.9. The first-order valence-electron chi connectivity index (χ1n) is 4.80. The summed E-state index contributed by atoms with van der Waals surface area (Å²) >= 11 is 3.23. The average Bonchev–Trinajstić information content (AvgIpc) is 2.75. The smallest absolute Gasteiger partial charge is 0.422 e. The number of halogens is 4. The Morgan fingerprint density at radius 3 is 2.67 bits per heavy atom. The maximum Gasteiger partial charge on any atom is 0.422 e. The topological polar surface area (TPSA) is 39.9 Å². The molecular formula is C10H7BrF3N3O. The zero-order valence-electron chi connectivity index (χ0n) is 8.86. The van der Waals surface area contributed by atoms with Crippen molar-refractivity contribution in [2.75, 3.05) is 6.61 Å². The molecule has 2 heterocycles. The quantitative estimate of drug-likeness (QED) is 0.872. The second-order valence-corrected chi connectivity index (χ2v) is 4.27. The lowest BCUT2D eigenvalue weighted by Gasteiger charge is -2.06. The van der Waals surface area contributed by atoms with Crippen molar-refractivity contribution in [3.63, 3.8) is 0 Å². The van der Waals surface area contributed by atoms with Gasteiger partial charge in [-0.2, -0.15) is 18.3 Å². The molecule has 0 radical (unpaired) electrons. The summed E-state index contributed by atoms with van der Waals surface area (Å²) in [5.41, 5.74) is 0. The summed E-state index contributed by atoms with van der Waals surface area (Å²) in [5.74, 6) is 0.525. The van der Waals surface area contributed by atoms with Gasteiger partial charge in [-0.15, -0.1) is 0 Å². The van der Waals surface area contributed by atoms with E-state index >= 15 is 0 Å². The van der Waals surface area contributed by atoms with Crippen molar-refractivity contribution < 1.29 is 17.9 Å². The molecule has 96 valence electrons. The third-order valence-electron chi connectivity index (χ3n) is 1.91. The van der Waals surface area contributed by atoms with Crippen molar-refractivity contribution in [3.05, 3.63) is 35.2 Å². The Balaban J connectivity index is 2.08. The van der Waals surface area contributed by atoms with Gasteiger partial charge in [0.2, 0.25) is 0 Å². The van der Waals surface area contributed by atoms with E-state index in [1.807, 2.05) is 0 Å². The molecule has 0 fully saturated rings. The van der Waals surface area contributed by atoms with E-state index in [0.717, 1.165) is 4.47 Å². The van der Waals surface area contributed by atoms with Crippen molar-refractivity contribution in [2.45, 2.75) is 6.18 Å². The lowest BCUT2D eigenvalue weighted by atomic mass is 10.5. The van der Waals surface area contributed by atoms with Crippen molar-refractivity contribution >= 4 is 15.9 Å². The molecule has 0 aliphatic carbocycles. The highest BCUT2D eigenvalue weighted by atomic mass is 79.9. The minimum Gasteiger partial charge on any atom is -0.481 e. The van der Waals surface area contributed by atoms with Gasteiger partial charge in [0.25, 0.3) is 0 Å². The molecule has 0 aliphatic heterocycles. The van der Waals surface area contributed by atoms with Crippen LogP contribution in [0.1, 0.15) is 0 Å². The van der Waals surface area contributed by atoms with Gasteiger partial charge >= 0.3 is 6.18 Å². The van der Waals surface area contributed by atoms with Crippen LogP contribution in [0.4, 0.5) is 13.2 Å². The Morgan fingerprint density at radius 1 is 1.28 bits per heavy atom. The van der Waals surface area contributed by atoms with E-state index in [4.69, 9.17) is 0 Å². The third kappa shape index (κ3) is 3.46. The van der Waals surface area contributed by atoms with Crippen LogP contribution in [0.2, 0.25) is 0 Å². The number of rotatable bonds is 3. The largest absolute Gasteiger partial charge is 0.481 e. The highest BCUT2D eigenvalue weighted by molar-refractivity contribution is 9.10. The van der Waals surface area contributed by atoms with Gasteiger partial charge < -0.3 is 4.74 Å². The molecule has 8 heteroatoms. The van der Waals surface area contributed by atoms with Gasteiger partial charge in [0.15, 0.2) is 18.2 Å². The molecule has 18 heavy (non-hydrogen) atoms. The number of ether oxygens (including phenoxy) is 1. The lowest BCUT2D eigenvalue weighted by Crippen LogP contribution is -2.19. The molecule has 0 spiro atoms.